The SMILES string of the molecule is COc1cc(N)ccc1CS(=O)c1cc(C)ccc1C. The fraction of sp³-hybridized carbons (Fsp3) is 0.250. The molecule has 0 aliphatic rings. The number of ether oxygens (including phenoxy) is 1. The third-order valence-electron chi connectivity index (χ3n) is 3.19. The number of nitrogen functional groups attached to an aromatic ring is 1. The van der Waals surface area contributed by atoms with E-state index >= 15 is 0 Å². The van der Waals surface area contributed by atoms with Gasteiger partial charge in [0.2, 0.25) is 0 Å². The van der Waals surface area contributed by atoms with Gasteiger partial charge in [-0.1, -0.05) is 18.2 Å². The molecule has 106 valence electrons. The minimum atomic E-state index is -1.10. The highest BCUT2D eigenvalue weighted by molar-refractivity contribution is 7.84. The molecule has 0 aromatic heterocycles. The van der Waals surface area contributed by atoms with Crippen LogP contribution in [0.15, 0.2) is 41.3 Å². The number of methoxy groups -OCH3 is 1. The first-order valence-corrected chi connectivity index (χ1v) is 7.71. The third kappa shape index (κ3) is 3.20. The minimum Gasteiger partial charge on any atom is -0.496 e. The monoisotopic (exact) mass is 289 g/mol. The first kappa shape index (κ1) is 14.6. The molecule has 0 heterocycles. The Hall–Kier alpha value is -1.81. The summed E-state index contributed by atoms with van der Waals surface area (Å²) in [6.07, 6.45) is 0. The summed E-state index contributed by atoms with van der Waals surface area (Å²) in [6, 6.07) is 11.4. The zero-order valence-corrected chi connectivity index (χ0v) is 12.8. The van der Waals surface area contributed by atoms with Gasteiger partial charge in [-0.3, -0.25) is 4.21 Å². The van der Waals surface area contributed by atoms with Crippen LogP contribution in [-0.2, 0) is 16.6 Å². The molecule has 2 rings (SSSR count). The van der Waals surface area contributed by atoms with E-state index in [1.807, 2.05) is 38.1 Å². The van der Waals surface area contributed by atoms with Crippen molar-refractivity contribution in [2.75, 3.05) is 12.8 Å². The van der Waals surface area contributed by atoms with Crippen LogP contribution in [0.2, 0.25) is 0 Å². The van der Waals surface area contributed by atoms with Crippen LogP contribution in [0, 0.1) is 13.8 Å². The first-order valence-electron chi connectivity index (χ1n) is 6.39. The van der Waals surface area contributed by atoms with Crippen molar-refractivity contribution >= 4 is 16.5 Å². The summed E-state index contributed by atoms with van der Waals surface area (Å²) >= 11 is 0. The molecule has 0 radical (unpaired) electrons. The molecule has 1 atom stereocenters. The Balaban J connectivity index is 2.30. The highest BCUT2D eigenvalue weighted by atomic mass is 32.2. The van der Waals surface area contributed by atoms with Gasteiger partial charge < -0.3 is 10.5 Å². The molecule has 0 bridgehead atoms. The molecule has 2 aromatic rings. The standard InChI is InChI=1S/C16H19NO2S/c1-11-4-5-12(2)16(8-11)20(18)10-13-6-7-14(17)9-15(13)19-3/h4-9H,10,17H2,1-3H3. The molecule has 0 aliphatic carbocycles. The predicted molar refractivity (Wildman–Crippen MR) is 83.4 cm³/mol. The lowest BCUT2D eigenvalue weighted by Crippen LogP contribution is -2.02. The lowest BCUT2D eigenvalue weighted by molar-refractivity contribution is 0.411. The van der Waals surface area contributed by atoms with Gasteiger partial charge in [-0.25, -0.2) is 0 Å². The molecule has 2 aromatic carbocycles. The van der Waals surface area contributed by atoms with Gasteiger partial charge in [0.1, 0.15) is 5.75 Å². The van der Waals surface area contributed by atoms with Gasteiger partial charge >= 0.3 is 0 Å². The van der Waals surface area contributed by atoms with Crippen molar-refractivity contribution in [3.05, 3.63) is 53.1 Å². The maximum absolute atomic E-state index is 12.6. The Bertz CT molecular complexity index is 653. The second kappa shape index (κ2) is 6.09. The molecular formula is C16H19NO2S. The molecule has 1 unspecified atom stereocenters. The van der Waals surface area contributed by atoms with Crippen molar-refractivity contribution in [1.29, 1.82) is 0 Å². The molecule has 0 saturated heterocycles. The Kier molecular flexibility index (Phi) is 4.45. The molecule has 0 saturated carbocycles. The van der Waals surface area contributed by atoms with Gasteiger partial charge in [0.25, 0.3) is 0 Å². The summed E-state index contributed by atoms with van der Waals surface area (Å²) in [5, 5.41) is 0. The van der Waals surface area contributed by atoms with Gasteiger partial charge in [0.05, 0.1) is 23.7 Å². The number of nitrogens with two attached hydrogens (primary N) is 1. The highest BCUT2D eigenvalue weighted by Crippen LogP contribution is 2.25. The van der Waals surface area contributed by atoms with Crippen LogP contribution in [0.3, 0.4) is 0 Å². The van der Waals surface area contributed by atoms with E-state index in [0.717, 1.165) is 21.6 Å². The quantitative estimate of drug-likeness (QED) is 0.879. The van der Waals surface area contributed by atoms with Crippen LogP contribution in [0.1, 0.15) is 16.7 Å². The molecule has 0 spiro atoms. The van der Waals surface area contributed by atoms with Gasteiger partial charge in [0.15, 0.2) is 0 Å². The summed E-state index contributed by atoms with van der Waals surface area (Å²) in [5.74, 6) is 1.11. The predicted octanol–water partition coefficient (Wildman–Crippen LogP) is 3.20. The highest BCUT2D eigenvalue weighted by Gasteiger charge is 2.12. The second-order valence-electron chi connectivity index (χ2n) is 4.83. The Labute approximate surface area is 122 Å². The van der Waals surface area contributed by atoms with Crippen LogP contribution < -0.4 is 10.5 Å². The van der Waals surface area contributed by atoms with E-state index in [4.69, 9.17) is 10.5 Å². The van der Waals surface area contributed by atoms with Gasteiger partial charge in [0, 0.05) is 22.2 Å². The molecular weight excluding hydrogens is 270 g/mol. The fourth-order valence-electron chi connectivity index (χ4n) is 2.05. The number of aryl methyl sites for hydroxylation is 2. The number of benzene rings is 2. The van der Waals surface area contributed by atoms with Crippen molar-refractivity contribution in [2.45, 2.75) is 24.5 Å². The molecule has 4 heteroatoms. The largest absolute Gasteiger partial charge is 0.496 e. The van der Waals surface area contributed by atoms with Crippen molar-refractivity contribution in [2.24, 2.45) is 0 Å². The number of hydrogen-bond acceptors (Lipinski definition) is 3. The van der Waals surface area contributed by atoms with E-state index < -0.39 is 10.8 Å². The third-order valence-corrected chi connectivity index (χ3v) is 4.69. The average molecular weight is 289 g/mol. The first-order chi connectivity index (χ1) is 9.51. The maximum Gasteiger partial charge on any atom is 0.125 e. The molecule has 2 N–H and O–H groups in total. The maximum atomic E-state index is 12.6. The molecule has 3 nitrogen and oxygen atoms in total. The minimum absolute atomic E-state index is 0.424. The summed E-state index contributed by atoms with van der Waals surface area (Å²) in [5.41, 5.74) is 9.44. The molecule has 0 aliphatic heterocycles. The van der Waals surface area contributed by atoms with Gasteiger partial charge in [-0.15, -0.1) is 0 Å². The van der Waals surface area contributed by atoms with Crippen molar-refractivity contribution in [3.63, 3.8) is 0 Å². The van der Waals surface area contributed by atoms with Crippen molar-refractivity contribution in [1.82, 2.24) is 0 Å². The van der Waals surface area contributed by atoms with E-state index in [1.165, 1.54) is 0 Å². The number of rotatable bonds is 4. The summed E-state index contributed by atoms with van der Waals surface area (Å²) < 4.78 is 17.9. The number of hydrogen-bond donors (Lipinski definition) is 1. The molecule has 0 amide bonds. The Morgan fingerprint density at radius 1 is 1.15 bits per heavy atom. The zero-order chi connectivity index (χ0) is 14.7. The van der Waals surface area contributed by atoms with Gasteiger partial charge in [-0.2, -0.15) is 0 Å². The smallest absolute Gasteiger partial charge is 0.125 e. The van der Waals surface area contributed by atoms with Crippen LogP contribution >= 0.6 is 0 Å². The van der Waals surface area contributed by atoms with Crippen LogP contribution in [0.25, 0.3) is 0 Å². The second-order valence-corrected chi connectivity index (χ2v) is 6.25. The van der Waals surface area contributed by atoms with Crippen molar-refractivity contribution < 1.29 is 8.95 Å². The van der Waals surface area contributed by atoms with Gasteiger partial charge in [-0.05, 0) is 37.1 Å². The van der Waals surface area contributed by atoms with Crippen molar-refractivity contribution in [3.8, 4) is 5.75 Å². The summed E-state index contributed by atoms with van der Waals surface area (Å²) in [7, 11) is 0.501. The summed E-state index contributed by atoms with van der Waals surface area (Å²) in [4.78, 5) is 0.879. The van der Waals surface area contributed by atoms with Crippen LogP contribution in [0.5, 0.6) is 5.75 Å². The average Bonchev–Trinajstić information content (AvgIpc) is 2.43. The molecule has 0 fully saturated rings. The van der Waals surface area contributed by atoms with E-state index in [2.05, 4.69) is 0 Å². The van der Waals surface area contributed by atoms with E-state index in [9.17, 15) is 4.21 Å². The molecule has 20 heavy (non-hydrogen) atoms. The van der Waals surface area contributed by atoms with E-state index in [-0.39, 0.29) is 0 Å². The van der Waals surface area contributed by atoms with Crippen LogP contribution in [-0.4, -0.2) is 11.3 Å². The van der Waals surface area contributed by atoms with Crippen LogP contribution in [0.4, 0.5) is 5.69 Å². The summed E-state index contributed by atoms with van der Waals surface area (Å²) in [6.45, 7) is 3.98. The lowest BCUT2D eigenvalue weighted by Gasteiger charge is -2.11. The number of anilines is 1. The topological polar surface area (TPSA) is 52.3 Å². The fourth-order valence-corrected chi connectivity index (χ4v) is 3.47. The lowest BCUT2D eigenvalue weighted by atomic mass is 10.2. The Morgan fingerprint density at radius 2 is 1.90 bits per heavy atom. The normalized spacial score (nSPS) is 12.2. The van der Waals surface area contributed by atoms with E-state index in [0.29, 0.717) is 17.2 Å². The zero-order valence-electron chi connectivity index (χ0n) is 12.0. The Morgan fingerprint density at radius 3 is 2.60 bits per heavy atom. The van der Waals surface area contributed by atoms with E-state index in [1.54, 1.807) is 19.2 Å².